The Morgan fingerprint density at radius 2 is 2.00 bits per heavy atom. The Labute approximate surface area is 169 Å². The van der Waals surface area contributed by atoms with E-state index < -0.39 is 17.7 Å². The number of piperazine rings is 1. The van der Waals surface area contributed by atoms with Crippen LogP contribution < -0.4 is 10.2 Å². The van der Waals surface area contributed by atoms with E-state index in [4.69, 9.17) is 21.1 Å². The van der Waals surface area contributed by atoms with Gasteiger partial charge in [0, 0.05) is 19.6 Å². The van der Waals surface area contributed by atoms with Crippen LogP contribution in [0, 0.1) is 11.3 Å². The minimum atomic E-state index is -0.669. The number of amides is 1. The van der Waals surface area contributed by atoms with Crippen molar-refractivity contribution < 1.29 is 19.1 Å². The van der Waals surface area contributed by atoms with Crippen molar-refractivity contribution in [2.45, 2.75) is 32.4 Å². The van der Waals surface area contributed by atoms with Crippen molar-refractivity contribution in [3.63, 3.8) is 0 Å². The number of nitrogens with one attached hydrogen (secondary N) is 1. The van der Waals surface area contributed by atoms with Crippen LogP contribution in [-0.4, -0.2) is 62.4 Å². The summed E-state index contributed by atoms with van der Waals surface area (Å²) in [6, 6.07) is 4.75. The molecule has 0 radical (unpaired) electrons. The minimum Gasteiger partial charge on any atom is -0.468 e. The number of methoxy groups -OCH3 is 1. The zero-order valence-electron chi connectivity index (χ0n) is 16.7. The molecule has 0 bridgehead atoms. The number of likely N-dealkylation sites (N-methyl/N-ethyl adjacent to an activating group) is 1. The average Bonchev–Trinajstić information content (AvgIpc) is 2.61. The first-order chi connectivity index (χ1) is 13.1. The number of carbonyl (C=O) groups excluding carboxylic acids is 2. The van der Waals surface area contributed by atoms with Gasteiger partial charge in [0.1, 0.15) is 11.6 Å². The number of carbonyl (C=O) groups is 2. The smallest absolute Gasteiger partial charge is 0.412 e. The minimum absolute atomic E-state index is 0.276. The number of anilines is 2. The van der Waals surface area contributed by atoms with Crippen LogP contribution in [-0.2, 0) is 14.3 Å². The van der Waals surface area contributed by atoms with Crippen LogP contribution in [0.25, 0.3) is 0 Å². The molecular formula is C19H25ClN4O4. The van der Waals surface area contributed by atoms with Gasteiger partial charge in [-0.3, -0.25) is 15.0 Å². The number of ether oxygens (including phenoxy) is 2. The fourth-order valence-electron chi connectivity index (χ4n) is 2.89. The molecule has 1 atom stereocenters. The summed E-state index contributed by atoms with van der Waals surface area (Å²) in [5.41, 5.74) is 0.503. The lowest BCUT2D eigenvalue weighted by atomic mass is 10.1. The fourth-order valence-corrected chi connectivity index (χ4v) is 3.17. The Bertz CT molecular complexity index is 800. The van der Waals surface area contributed by atoms with Crippen molar-refractivity contribution in [2.75, 3.05) is 44.0 Å². The van der Waals surface area contributed by atoms with Crippen LogP contribution in [0.15, 0.2) is 12.1 Å². The third kappa shape index (κ3) is 5.27. The van der Waals surface area contributed by atoms with Crippen LogP contribution in [0.1, 0.15) is 26.3 Å². The number of benzene rings is 1. The van der Waals surface area contributed by atoms with Crippen LogP contribution in [0.2, 0.25) is 5.02 Å². The summed E-state index contributed by atoms with van der Waals surface area (Å²) in [5, 5.41) is 12.3. The standard InChI is InChI=1S/C19H25ClN4O4/c1-19(2,3)28-18(26)22-13-8-12(10-21)9-14(16(13)20)24-7-6-23(4)15(11-24)17(25)27-5/h8-9,15H,6-7,11H2,1-5H3,(H,22,26). The third-order valence-electron chi connectivity index (χ3n) is 4.28. The molecule has 0 aromatic heterocycles. The molecule has 1 saturated heterocycles. The summed E-state index contributed by atoms with van der Waals surface area (Å²) < 4.78 is 10.1. The molecule has 1 N–H and O–H groups in total. The van der Waals surface area contributed by atoms with Gasteiger partial charge in [0.05, 0.1) is 35.1 Å². The molecule has 1 unspecified atom stereocenters. The quantitative estimate of drug-likeness (QED) is 0.768. The summed E-state index contributed by atoms with van der Waals surface area (Å²) in [5.74, 6) is -0.341. The number of esters is 1. The summed E-state index contributed by atoms with van der Waals surface area (Å²) in [6.45, 7) is 6.82. The molecule has 1 aromatic rings. The largest absolute Gasteiger partial charge is 0.468 e. The van der Waals surface area contributed by atoms with E-state index in [0.717, 1.165) is 0 Å². The molecule has 28 heavy (non-hydrogen) atoms. The second-order valence-electron chi connectivity index (χ2n) is 7.56. The van der Waals surface area contributed by atoms with Gasteiger partial charge in [-0.2, -0.15) is 5.26 Å². The van der Waals surface area contributed by atoms with Gasteiger partial charge in [-0.15, -0.1) is 0 Å². The van der Waals surface area contributed by atoms with Gasteiger partial charge < -0.3 is 14.4 Å². The molecule has 8 nitrogen and oxygen atoms in total. The van der Waals surface area contributed by atoms with Crippen molar-refractivity contribution in [1.82, 2.24) is 4.90 Å². The van der Waals surface area contributed by atoms with E-state index in [1.165, 1.54) is 13.2 Å². The van der Waals surface area contributed by atoms with E-state index in [-0.39, 0.29) is 16.7 Å². The third-order valence-corrected chi connectivity index (χ3v) is 4.68. The highest BCUT2D eigenvalue weighted by Gasteiger charge is 2.32. The lowest BCUT2D eigenvalue weighted by Gasteiger charge is -2.39. The number of hydrogen-bond donors (Lipinski definition) is 1. The van der Waals surface area contributed by atoms with Crippen LogP contribution in [0.5, 0.6) is 0 Å². The van der Waals surface area contributed by atoms with Crippen LogP contribution in [0.3, 0.4) is 0 Å². The number of nitriles is 1. The summed E-state index contributed by atoms with van der Waals surface area (Å²) in [6.07, 6.45) is -0.666. The van der Waals surface area contributed by atoms with E-state index in [1.807, 2.05) is 16.8 Å². The fraction of sp³-hybridized carbons (Fsp3) is 0.526. The van der Waals surface area contributed by atoms with Crippen molar-refractivity contribution in [2.24, 2.45) is 0 Å². The van der Waals surface area contributed by atoms with E-state index in [0.29, 0.717) is 30.9 Å². The van der Waals surface area contributed by atoms with E-state index in [1.54, 1.807) is 26.8 Å². The van der Waals surface area contributed by atoms with Crippen molar-refractivity contribution >= 4 is 35.0 Å². The lowest BCUT2D eigenvalue weighted by molar-refractivity contribution is -0.146. The van der Waals surface area contributed by atoms with Gasteiger partial charge in [0.25, 0.3) is 0 Å². The second-order valence-corrected chi connectivity index (χ2v) is 7.94. The van der Waals surface area contributed by atoms with Crippen molar-refractivity contribution in [3.8, 4) is 6.07 Å². The molecule has 0 spiro atoms. The molecule has 0 aliphatic carbocycles. The summed E-state index contributed by atoms with van der Waals surface area (Å²) in [4.78, 5) is 28.0. The van der Waals surface area contributed by atoms with Crippen molar-refractivity contribution in [3.05, 3.63) is 22.7 Å². The molecule has 1 aliphatic rings. The highest BCUT2D eigenvalue weighted by atomic mass is 35.5. The predicted molar refractivity (Wildman–Crippen MR) is 107 cm³/mol. The van der Waals surface area contributed by atoms with Gasteiger partial charge in [-0.1, -0.05) is 11.6 Å². The zero-order valence-corrected chi connectivity index (χ0v) is 17.5. The summed E-state index contributed by atoms with van der Waals surface area (Å²) in [7, 11) is 3.20. The maximum Gasteiger partial charge on any atom is 0.412 e. The Balaban J connectivity index is 2.33. The van der Waals surface area contributed by atoms with Crippen LogP contribution in [0.4, 0.5) is 16.2 Å². The van der Waals surface area contributed by atoms with Crippen LogP contribution >= 0.6 is 11.6 Å². The molecule has 1 amide bonds. The molecule has 1 heterocycles. The van der Waals surface area contributed by atoms with Gasteiger partial charge in [0.2, 0.25) is 0 Å². The Morgan fingerprint density at radius 3 is 2.57 bits per heavy atom. The lowest BCUT2D eigenvalue weighted by Crippen LogP contribution is -2.55. The summed E-state index contributed by atoms with van der Waals surface area (Å²) >= 11 is 6.53. The SMILES string of the molecule is COC(=O)C1CN(c2cc(C#N)cc(NC(=O)OC(C)(C)C)c2Cl)CCN1C. The predicted octanol–water partition coefficient (Wildman–Crippen LogP) is 2.85. The Morgan fingerprint density at radius 1 is 1.32 bits per heavy atom. The van der Waals surface area contributed by atoms with Crippen molar-refractivity contribution in [1.29, 1.82) is 5.26 Å². The van der Waals surface area contributed by atoms with Gasteiger partial charge in [0.15, 0.2) is 0 Å². The molecule has 9 heteroatoms. The van der Waals surface area contributed by atoms with E-state index in [9.17, 15) is 14.9 Å². The van der Waals surface area contributed by atoms with E-state index in [2.05, 4.69) is 11.4 Å². The number of halogens is 1. The topological polar surface area (TPSA) is 94.9 Å². The van der Waals surface area contributed by atoms with Gasteiger partial charge >= 0.3 is 12.1 Å². The zero-order chi connectivity index (χ0) is 21.1. The molecule has 0 saturated carbocycles. The van der Waals surface area contributed by atoms with Gasteiger partial charge in [-0.25, -0.2) is 4.79 Å². The number of rotatable bonds is 3. The first-order valence-corrected chi connectivity index (χ1v) is 9.20. The van der Waals surface area contributed by atoms with Gasteiger partial charge in [-0.05, 0) is 40.0 Å². The maximum atomic E-state index is 12.1. The molecule has 2 rings (SSSR count). The normalized spacial score (nSPS) is 17.6. The molecule has 1 aromatic carbocycles. The highest BCUT2D eigenvalue weighted by molar-refractivity contribution is 6.36. The first-order valence-electron chi connectivity index (χ1n) is 8.82. The molecule has 1 aliphatic heterocycles. The number of hydrogen-bond acceptors (Lipinski definition) is 7. The monoisotopic (exact) mass is 408 g/mol. The highest BCUT2D eigenvalue weighted by Crippen LogP contribution is 2.36. The average molecular weight is 409 g/mol. The molecule has 152 valence electrons. The van der Waals surface area contributed by atoms with E-state index >= 15 is 0 Å². The number of nitrogens with zero attached hydrogens (tertiary/aromatic N) is 3. The maximum absolute atomic E-state index is 12.1. The Hall–Kier alpha value is -2.50. The Kier molecular flexibility index (Phi) is 6.75. The first kappa shape index (κ1) is 21.8. The molecular weight excluding hydrogens is 384 g/mol. The molecule has 1 fully saturated rings. The second kappa shape index (κ2) is 8.67.